The maximum Gasteiger partial charge on any atom is 0.306 e. The number of nitrogens with zero attached hydrogens (tertiary/aromatic N) is 6. The lowest BCUT2D eigenvalue weighted by molar-refractivity contribution is -0.145. The molecule has 0 unspecified atom stereocenters. The molecular weight excluding hydrogens is 332 g/mol. The van der Waals surface area contributed by atoms with E-state index in [0.717, 1.165) is 11.3 Å². The minimum atomic E-state index is -0.364. The van der Waals surface area contributed by atoms with Crippen LogP contribution >= 0.6 is 11.3 Å². The van der Waals surface area contributed by atoms with Gasteiger partial charge >= 0.3 is 5.97 Å². The zero-order valence-corrected chi connectivity index (χ0v) is 13.9. The van der Waals surface area contributed by atoms with E-state index in [9.17, 15) is 4.79 Å². The number of hydrogen-bond acceptors (Lipinski definition) is 9. The second kappa shape index (κ2) is 7.77. The third-order valence-corrected chi connectivity index (χ3v) is 4.02. The molecule has 0 atom stereocenters. The van der Waals surface area contributed by atoms with Crippen LogP contribution in [0.3, 0.4) is 0 Å². The molecule has 0 saturated heterocycles. The van der Waals surface area contributed by atoms with Gasteiger partial charge in [-0.05, 0) is 28.3 Å². The Labute approximate surface area is 141 Å². The average Bonchev–Trinajstić information content (AvgIpc) is 3.32. The first-order valence-electron chi connectivity index (χ1n) is 7.53. The topological polar surface area (TPSA) is 109 Å². The van der Waals surface area contributed by atoms with Crippen LogP contribution in [0.5, 0.6) is 0 Å². The number of carbonyl (C=O) groups is 1. The maximum atomic E-state index is 11.8. The summed E-state index contributed by atoms with van der Waals surface area (Å²) in [7, 11) is 0. The van der Waals surface area contributed by atoms with Gasteiger partial charge < -0.3 is 9.26 Å². The number of tetrazole rings is 1. The highest BCUT2D eigenvalue weighted by molar-refractivity contribution is 7.13. The summed E-state index contributed by atoms with van der Waals surface area (Å²) in [5, 5.41) is 17.1. The molecule has 0 aliphatic carbocycles. The molecule has 126 valence electrons. The van der Waals surface area contributed by atoms with E-state index in [1.54, 1.807) is 4.68 Å². The molecule has 3 heterocycles. The van der Waals surface area contributed by atoms with Crippen molar-refractivity contribution in [2.45, 2.75) is 39.3 Å². The maximum absolute atomic E-state index is 11.8. The first-order valence-corrected chi connectivity index (χ1v) is 8.41. The molecule has 3 rings (SSSR count). The number of aryl methyl sites for hydroxylation is 2. The Kier molecular flexibility index (Phi) is 5.26. The second-order valence-corrected chi connectivity index (χ2v) is 5.92. The van der Waals surface area contributed by atoms with Crippen LogP contribution in [0.25, 0.3) is 10.7 Å². The second-order valence-electron chi connectivity index (χ2n) is 4.97. The van der Waals surface area contributed by atoms with Crippen molar-refractivity contribution in [2.24, 2.45) is 0 Å². The molecular formula is C14H16N6O3S. The zero-order valence-electron chi connectivity index (χ0n) is 13.1. The Morgan fingerprint density at radius 2 is 2.38 bits per heavy atom. The van der Waals surface area contributed by atoms with Crippen molar-refractivity contribution in [3.8, 4) is 10.7 Å². The van der Waals surface area contributed by atoms with E-state index in [-0.39, 0.29) is 19.0 Å². The molecule has 0 aliphatic heterocycles. The highest BCUT2D eigenvalue weighted by Gasteiger charge is 2.13. The molecule has 3 aromatic heterocycles. The smallest absolute Gasteiger partial charge is 0.306 e. The summed E-state index contributed by atoms with van der Waals surface area (Å²) < 4.78 is 11.9. The molecule has 24 heavy (non-hydrogen) atoms. The standard InChI is InChI=1S/C14H16N6O3S/c1-2-7-20-11(16-18-19-20)9-22-13(21)6-5-12-15-14(17-23-12)10-4-3-8-24-10/h3-4,8H,2,5-7,9H2,1H3. The third-order valence-electron chi connectivity index (χ3n) is 3.16. The molecule has 0 saturated carbocycles. The van der Waals surface area contributed by atoms with Crippen LogP contribution in [0.4, 0.5) is 0 Å². The lowest BCUT2D eigenvalue weighted by Gasteiger charge is -2.04. The van der Waals surface area contributed by atoms with E-state index in [1.807, 2.05) is 24.4 Å². The zero-order chi connectivity index (χ0) is 16.8. The fraction of sp³-hybridized carbons (Fsp3) is 0.429. The third kappa shape index (κ3) is 4.02. The summed E-state index contributed by atoms with van der Waals surface area (Å²) in [5.41, 5.74) is 0. The summed E-state index contributed by atoms with van der Waals surface area (Å²) in [6, 6.07) is 3.83. The first-order chi connectivity index (χ1) is 11.8. The van der Waals surface area contributed by atoms with Gasteiger partial charge in [0.25, 0.3) is 0 Å². The van der Waals surface area contributed by atoms with Crippen LogP contribution < -0.4 is 0 Å². The number of thiophene rings is 1. The predicted octanol–water partition coefficient (Wildman–Crippen LogP) is 1.87. The van der Waals surface area contributed by atoms with E-state index in [4.69, 9.17) is 9.26 Å². The molecule has 0 aliphatic rings. The van der Waals surface area contributed by atoms with Crippen molar-refractivity contribution in [3.05, 3.63) is 29.2 Å². The fourth-order valence-corrected chi connectivity index (χ4v) is 2.65. The van der Waals surface area contributed by atoms with Crippen LogP contribution in [0.15, 0.2) is 22.0 Å². The summed E-state index contributed by atoms with van der Waals surface area (Å²) in [6.45, 7) is 2.76. The number of aromatic nitrogens is 6. The largest absolute Gasteiger partial charge is 0.457 e. The van der Waals surface area contributed by atoms with E-state index < -0.39 is 0 Å². The van der Waals surface area contributed by atoms with Crippen LogP contribution in [-0.2, 0) is 29.1 Å². The van der Waals surface area contributed by atoms with Crippen molar-refractivity contribution in [1.82, 2.24) is 30.3 Å². The van der Waals surface area contributed by atoms with Gasteiger partial charge in [0.2, 0.25) is 11.7 Å². The minimum absolute atomic E-state index is 0.0517. The van der Waals surface area contributed by atoms with Gasteiger partial charge in [-0.3, -0.25) is 4.79 Å². The van der Waals surface area contributed by atoms with Gasteiger partial charge in [0, 0.05) is 13.0 Å². The Bertz CT molecular complexity index is 782. The molecule has 3 aromatic rings. The minimum Gasteiger partial charge on any atom is -0.457 e. The van der Waals surface area contributed by atoms with Gasteiger partial charge in [-0.1, -0.05) is 18.1 Å². The van der Waals surface area contributed by atoms with Gasteiger partial charge in [0.15, 0.2) is 12.4 Å². The van der Waals surface area contributed by atoms with Crippen LogP contribution in [-0.4, -0.2) is 36.3 Å². The summed E-state index contributed by atoms with van der Waals surface area (Å²) in [6.07, 6.45) is 1.38. The Hall–Kier alpha value is -2.62. The fourth-order valence-electron chi connectivity index (χ4n) is 2.00. The van der Waals surface area contributed by atoms with Crippen molar-refractivity contribution in [2.75, 3.05) is 0 Å². The van der Waals surface area contributed by atoms with Crippen molar-refractivity contribution in [1.29, 1.82) is 0 Å². The molecule has 0 aromatic carbocycles. The molecule has 0 fully saturated rings. The number of hydrogen-bond donors (Lipinski definition) is 0. The van der Waals surface area contributed by atoms with E-state index in [1.165, 1.54) is 11.3 Å². The highest BCUT2D eigenvalue weighted by atomic mass is 32.1. The molecule has 9 nitrogen and oxygen atoms in total. The van der Waals surface area contributed by atoms with Gasteiger partial charge in [-0.2, -0.15) is 4.98 Å². The van der Waals surface area contributed by atoms with Gasteiger partial charge in [0.1, 0.15) is 0 Å². The van der Waals surface area contributed by atoms with Crippen molar-refractivity contribution >= 4 is 17.3 Å². The van der Waals surface area contributed by atoms with Crippen LogP contribution in [0.1, 0.15) is 31.5 Å². The van der Waals surface area contributed by atoms with E-state index in [2.05, 4.69) is 25.7 Å². The van der Waals surface area contributed by atoms with E-state index >= 15 is 0 Å². The monoisotopic (exact) mass is 348 g/mol. The lowest BCUT2D eigenvalue weighted by Crippen LogP contribution is -2.11. The Morgan fingerprint density at radius 1 is 1.46 bits per heavy atom. The SMILES string of the molecule is CCCn1nnnc1COC(=O)CCc1nc(-c2cccs2)no1. The number of carbonyl (C=O) groups excluding carboxylic acids is 1. The quantitative estimate of drug-likeness (QED) is 0.568. The summed E-state index contributed by atoms with van der Waals surface area (Å²) >= 11 is 1.53. The molecule has 0 N–H and O–H groups in total. The van der Waals surface area contributed by atoms with Gasteiger partial charge in [-0.15, -0.1) is 16.4 Å². The van der Waals surface area contributed by atoms with Gasteiger partial charge in [0.05, 0.1) is 11.3 Å². The normalized spacial score (nSPS) is 10.9. The number of ether oxygens (including phenoxy) is 1. The average molecular weight is 348 g/mol. The number of esters is 1. The molecule has 0 spiro atoms. The number of rotatable bonds is 8. The van der Waals surface area contributed by atoms with Crippen molar-refractivity contribution in [3.63, 3.8) is 0 Å². The molecule has 0 radical (unpaired) electrons. The summed E-state index contributed by atoms with van der Waals surface area (Å²) in [4.78, 5) is 17.0. The van der Waals surface area contributed by atoms with Crippen LogP contribution in [0, 0.1) is 0 Å². The van der Waals surface area contributed by atoms with Crippen molar-refractivity contribution < 1.29 is 14.1 Å². The Balaban J connectivity index is 1.46. The van der Waals surface area contributed by atoms with E-state index in [0.29, 0.717) is 30.5 Å². The van der Waals surface area contributed by atoms with Crippen LogP contribution in [0.2, 0.25) is 0 Å². The molecule has 0 amide bonds. The first kappa shape index (κ1) is 16.2. The highest BCUT2D eigenvalue weighted by Crippen LogP contribution is 2.21. The van der Waals surface area contributed by atoms with Gasteiger partial charge in [-0.25, -0.2) is 4.68 Å². The predicted molar refractivity (Wildman–Crippen MR) is 83.8 cm³/mol. The Morgan fingerprint density at radius 3 is 3.17 bits per heavy atom. The molecule has 0 bridgehead atoms. The lowest BCUT2D eigenvalue weighted by atomic mass is 10.3. The summed E-state index contributed by atoms with van der Waals surface area (Å²) in [5.74, 6) is 1.11. The molecule has 10 heteroatoms.